The number of aryl methyl sites for hydroxylation is 1. The second-order valence-electron chi connectivity index (χ2n) is 5.09. The lowest BCUT2D eigenvalue weighted by Gasteiger charge is -2.12. The second-order valence-corrected chi connectivity index (χ2v) is 5.09. The third kappa shape index (κ3) is 3.32. The summed E-state index contributed by atoms with van der Waals surface area (Å²) < 4.78 is 7.76. The van der Waals surface area contributed by atoms with Crippen LogP contribution >= 0.6 is 0 Å². The van der Waals surface area contributed by atoms with Crippen LogP contribution in [0, 0.1) is 6.92 Å². The molecule has 1 aromatic carbocycles. The monoisotopic (exact) mass is 273 g/mol. The predicted molar refractivity (Wildman–Crippen MR) is 81.8 cm³/mol. The Bertz CT molecular complexity index is 559. The highest BCUT2D eigenvalue weighted by Crippen LogP contribution is 2.23. The Hall–Kier alpha value is -1.97. The van der Waals surface area contributed by atoms with Gasteiger partial charge in [0.25, 0.3) is 0 Å². The molecule has 0 fully saturated rings. The Morgan fingerprint density at radius 2 is 2.00 bits per heavy atom. The number of nitrogen functional groups attached to an aromatic ring is 1. The lowest BCUT2D eigenvalue weighted by Crippen LogP contribution is -2.08. The van der Waals surface area contributed by atoms with Crippen molar-refractivity contribution in [1.29, 1.82) is 0 Å². The maximum Gasteiger partial charge on any atom is 0.142 e. The second kappa shape index (κ2) is 6.46. The number of benzene rings is 1. The molecule has 0 aliphatic rings. The molecule has 4 nitrogen and oxygen atoms in total. The number of aromatic nitrogens is 2. The van der Waals surface area contributed by atoms with Gasteiger partial charge in [-0.15, -0.1) is 0 Å². The molecule has 0 bridgehead atoms. The van der Waals surface area contributed by atoms with Crippen LogP contribution in [0.4, 0.5) is 5.69 Å². The van der Waals surface area contributed by atoms with Crippen molar-refractivity contribution >= 4 is 5.69 Å². The molecular weight excluding hydrogens is 250 g/mol. The van der Waals surface area contributed by atoms with Crippen LogP contribution < -0.4 is 10.5 Å². The zero-order valence-electron chi connectivity index (χ0n) is 12.5. The molecule has 2 rings (SSSR count). The van der Waals surface area contributed by atoms with Gasteiger partial charge in [0.2, 0.25) is 0 Å². The Kier molecular flexibility index (Phi) is 4.66. The molecule has 0 saturated carbocycles. The molecule has 1 aromatic heterocycles. The van der Waals surface area contributed by atoms with Gasteiger partial charge in [-0.25, -0.2) is 0 Å². The van der Waals surface area contributed by atoms with E-state index in [0.717, 1.165) is 24.1 Å². The van der Waals surface area contributed by atoms with Crippen molar-refractivity contribution in [2.75, 3.05) is 5.73 Å². The Balaban J connectivity index is 2.00. The molecule has 20 heavy (non-hydrogen) atoms. The van der Waals surface area contributed by atoms with Gasteiger partial charge in [-0.3, -0.25) is 4.68 Å². The van der Waals surface area contributed by atoms with Gasteiger partial charge >= 0.3 is 0 Å². The lowest BCUT2D eigenvalue weighted by molar-refractivity contribution is 0.298. The van der Waals surface area contributed by atoms with E-state index in [1.54, 1.807) is 0 Å². The van der Waals surface area contributed by atoms with Crippen LogP contribution in [0.2, 0.25) is 0 Å². The van der Waals surface area contributed by atoms with Gasteiger partial charge < -0.3 is 10.5 Å². The Morgan fingerprint density at radius 1 is 1.25 bits per heavy atom. The largest absolute Gasteiger partial charge is 0.485 e. The minimum Gasteiger partial charge on any atom is -0.485 e. The van der Waals surface area contributed by atoms with Crippen LogP contribution in [0.1, 0.15) is 44.0 Å². The van der Waals surface area contributed by atoms with Crippen LogP contribution in [0.15, 0.2) is 30.5 Å². The highest BCUT2D eigenvalue weighted by molar-refractivity contribution is 5.54. The van der Waals surface area contributed by atoms with Crippen LogP contribution in [0.25, 0.3) is 0 Å². The molecule has 0 atom stereocenters. The molecule has 0 aliphatic heterocycles. The molecule has 108 valence electrons. The Morgan fingerprint density at radius 3 is 2.65 bits per heavy atom. The smallest absolute Gasteiger partial charge is 0.142 e. The minimum absolute atomic E-state index is 0.445. The molecule has 0 radical (unpaired) electrons. The van der Waals surface area contributed by atoms with Crippen molar-refractivity contribution in [3.8, 4) is 5.75 Å². The van der Waals surface area contributed by atoms with Crippen molar-refractivity contribution in [1.82, 2.24) is 9.78 Å². The van der Waals surface area contributed by atoms with E-state index in [-0.39, 0.29) is 0 Å². The number of rotatable bonds is 6. The van der Waals surface area contributed by atoms with Gasteiger partial charge in [0.1, 0.15) is 12.4 Å². The molecule has 0 aliphatic carbocycles. The molecule has 0 saturated heterocycles. The van der Waals surface area contributed by atoms with Crippen molar-refractivity contribution in [3.63, 3.8) is 0 Å². The predicted octanol–water partition coefficient (Wildman–Crippen LogP) is 3.71. The normalized spacial score (nSPS) is 11.0. The van der Waals surface area contributed by atoms with E-state index in [1.165, 1.54) is 0 Å². The number of nitrogens with zero attached hydrogens (tertiary/aromatic N) is 2. The highest BCUT2D eigenvalue weighted by Gasteiger charge is 2.08. The van der Waals surface area contributed by atoms with Gasteiger partial charge in [0.15, 0.2) is 0 Å². The summed E-state index contributed by atoms with van der Waals surface area (Å²) in [7, 11) is 0. The molecular formula is C16H23N3O. The lowest BCUT2D eigenvalue weighted by atomic mass is 10.2. The van der Waals surface area contributed by atoms with Crippen molar-refractivity contribution in [3.05, 3.63) is 41.7 Å². The van der Waals surface area contributed by atoms with Gasteiger partial charge in [0.05, 0.1) is 17.4 Å². The van der Waals surface area contributed by atoms with E-state index < -0.39 is 0 Å². The molecule has 2 aromatic rings. The molecule has 4 heteroatoms. The summed E-state index contributed by atoms with van der Waals surface area (Å²) in [5, 5.41) is 4.57. The van der Waals surface area contributed by atoms with E-state index in [1.807, 2.05) is 42.1 Å². The van der Waals surface area contributed by atoms with E-state index in [9.17, 15) is 0 Å². The van der Waals surface area contributed by atoms with Crippen LogP contribution in [0.5, 0.6) is 5.75 Å². The summed E-state index contributed by atoms with van der Waals surface area (Å²) >= 11 is 0. The average molecular weight is 273 g/mol. The van der Waals surface area contributed by atoms with Gasteiger partial charge in [0, 0.05) is 6.20 Å². The fourth-order valence-electron chi connectivity index (χ4n) is 2.27. The quantitative estimate of drug-likeness (QED) is 0.816. The van der Waals surface area contributed by atoms with Crippen molar-refractivity contribution in [2.45, 2.75) is 46.3 Å². The topological polar surface area (TPSA) is 53.1 Å². The SMILES string of the molecule is CCC(CC)n1ccc(COc2ccc(C)cc2N)n1. The first-order chi connectivity index (χ1) is 9.63. The van der Waals surface area contributed by atoms with E-state index in [0.29, 0.717) is 24.1 Å². The van der Waals surface area contributed by atoms with Gasteiger partial charge in [-0.1, -0.05) is 19.9 Å². The van der Waals surface area contributed by atoms with Crippen LogP contribution in [-0.4, -0.2) is 9.78 Å². The summed E-state index contributed by atoms with van der Waals surface area (Å²) in [6, 6.07) is 8.28. The molecule has 0 spiro atoms. The first-order valence-electron chi connectivity index (χ1n) is 7.17. The standard InChI is InChI=1S/C16H23N3O/c1-4-14(5-2)19-9-8-13(18-19)11-20-16-7-6-12(3)10-15(16)17/h6-10,14H,4-5,11,17H2,1-3H3. The molecule has 1 heterocycles. The highest BCUT2D eigenvalue weighted by atomic mass is 16.5. The third-order valence-corrected chi connectivity index (χ3v) is 3.52. The van der Waals surface area contributed by atoms with Gasteiger partial charge in [-0.2, -0.15) is 5.10 Å². The van der Waals surface area contributed by atoms with Crippen LogP contribution in [-0.2, 0) is 6.61 Å². The van der Waals surface area contributed by atoms with E-state index >= 15 is 0 Å². The summed E-state index contributed by atoms with van der Waals surface area (Å²) in [6.07, 6.45) is 4.20. The molecule has 2 N–H and O–H groups in total. The average Bonchev–Trinajstić information content (AvgIpc) is 2.88. The first kappa shape index (κ1) is 14.4. The summed E-state index contributed by atoms with van der Waals surface area (Å²) in [6.45, 7) is 6.82. The third-order valence-electron chi connectivity index (χ3n) is 3.52. The fraction of sp³-hybridized carbons (Fsp3) is 0.438. The summed E-state index contributed by atoms with van der Waals surface area (Å²) in [5.41, 5.74) is 8.66. The zero-order chi connectivity index (χ0) is 14.5. The fourth-order valence-corrected chi connectivity index (χ4v) is 2.27. The van der Waals surface area contributed by atoms with Crippen molar-refractivity contribution < 1.29 is 4.74 Å². The number of hydrogen-bond acceptors (Lipinski definition) is 3. The number of nitrogens with two attached hydrogens (primary N) is 1. The number of ether oxygens (including phenoxy) is 1. The summed E-state index contributed by atoms with van der Waals surface area (Å²) in [5.74, 6) is 0.715. The van der Waals surface area contributed by atoms with Crippen LogP contribution in [0.3, 0.4) is 0 Å². The Labute approximate surface area is 120 Å². The van der Waals surface area contributed by atoms with E-state index in [2.05, 4.69) is 18.9 Å². The minimum atomic E-state index is 0.445. The van der Waals surface area contributed by atoms with Crippen molar-refractivity contribution in [2.24, 2.45) is 0 Å². The zero-order valence-corrected chi connectivity index (χ0v) is 12.5. The summed E-state index contributed by atoms with van der Waals surface area (Å²) in [4.78, 5) is 0. The maximum atomic E-state index is 5.93. The molecule has 0 unspecified atom stereocenters. The maximum absolute atomic E-state index is 5.93. The van der Waals surface area contributed by atoms with Gasteiger partial charge in [-0.05, 0) is 43.5 Å². The number of anilines is 1. The molecule has 0 amide bonds. The first-order valence-corrected chi connectivity index (χ1v) is 7.17. The van der Waals surface area contributed by atoms with E-state index in [4.69, 9.17) is 10.5 Å². The number of hydrogen-bond donors (Lipinski definition) is 1.